The van der Waals surface area contributed by atoms with Crippen LogP contribution in [-0.4, -0.2) is 23.1 Å². The molecule has 4 aliphatic carbocycles. The van der Waals surface area contributed by atoms with Crippen LogP contribution in [0.1, 0.15) is 84.1 Å². The number of fused-ring (bicyclic) bond motifs is 5. The fourth-order valence-corrected chi connectivity index (χ4v) is 8.28. The van der Waals surface area contributed by atoms with E-state index in [1.807, 2.05) is 43.3 Å². The number of allylic oxidation sites excluding steroid dienone is 4. The third kappa shape index (κ3) is 3.50. The number of ketones is 2. The van der Waals surface area contributed by atoms with Crippen molar-refractivity contribution in [3.05, 3.63) is 59.7 Å². The highest BCUT2D eigenvalue weighted by Crippen LogP contribution is 2.67. The Balaban J connectivity index is 1.47. The first-order valence-corrected chi connectivity index (χ1v) is 13.4. The number of benzene rings is 1. The SMILES string of the molecule is CC[C@H](C(=O)O[C@]1(C(C)=O)CC[C@H]2[C@@H]3C=CC4=CC(=O)CC[C@]4(C)[C@H]3CC[C@@]21C)c1ccccc1. The molecule has 4 nitrogen and oxygen atoms in total. The van der Waals surface area contributed by atoms with Crippen LogP contribution >= 0.6 is 0 Å². The summed E-state index contributed by atoms with van der Waals surface area (Å²) < 4.78 is 6.40. The molecule has 35 heavy (non-hydrogen) atoms. The van der Waals surface area contributed by atoms with Crippen molar-refractivity contribution < 1.29 is 19.1 Å². The van der Waals surface area contributed by atoms with Crippen molar-refractivity contribution in [2.24, 2.45) is 28.6 Å². The summed E-state index contributed by atoms with van der Waals surface area (Å²) in [7, 11) is 0. The highest BCUT2D eigenvalue weighted by atomic mass is 16.6. The van der Waals surface area contributed by atoms with E-state index < -0.39 is 11.0 Å². The highest BCUT2D eigenvalue weighted by molar-refractivity contribution is 5.92. The van der Waals surface area contributed by atoms with Crippen LogP contribution in [0.3, 0.4) is 0 Å². The van der Waals surface area contributed by atoms with Gasteiger partial charge in [-0.1, -0.05) is 63.3 Å². The molecular weight excluding hydrogens is 436 g/mol. The Morgan fingerprint density at radius 3 is 2.46 bits per heavy atom. The van der Waals surface area contributed by atoms with Crippen molar-refractivity contribution in [2.45, 2.75) is 84.2 Å². The Labute approximate surface area is 209 Å². The topological polar surface area (TPSA) is 60.4 Å². The molecule has 4 aliphatic rings. The fourth-order valence-electron chi connectivity index (χ4n) is 8.28. The zero-order chi connectivity index (χ0) is 25.0. The standard InChI is InChI=1S/C31H38O4/c1-5-24(21-9-7-6-8-10-21)28(34)35-31(20(2)32)18-15-27-25-12-11-22-19-23(33)13-16-29(22,3)26(25)14-17-30(27,31)4/h6-12,19,24-27H,5,13-18H2,1-4H3/t24-,25+,26-,27-,29-,30-,31-/m0/s1. The van der Waals surface area contributed by atoms with E-state index in [1.165, 1.54) is 5.57 Å². The van der Waals surface area contributed by atoms with Gasteiger partial charge in [0.15, 0.2) is 17.2 Å². The van der Waals surface area contributed by atoms with Crippen molar-refractivity contribution in [1.29, 1.82) is 0 Å². The summed E-state index contributed by atoms with van der Waals surface area (Å²) >= 11 is 0. The zero-order valence-electron chi connectivity index (χ0n) is 21.5. The van der Waals surface area contributed by atoms with Gasteiger partial charge >= 0.3 is 5.97 Å². The molecule has 0 heterocycles. The lowest BCUT2D eigenvalue weighted by atomic mass is 9.48. The molecule has 0 bridgehead atoms. The second-order valence-electron chi connectivity index (χ2n) is 11.8. The molecule has 0 unspecified atom stereocenters. The molecule has 186 valence electrons. The quantitative estimate of drug-likeness (QED) is 0.466. The average molecular weight is 475 g/mol. The van der Waals surface area contributed by atoms with Crippen LogP contribution in [0.2, 0.25) is 0 Å². The van der Waals surface area contributed by atoms with Crippen LogP contribution in [0, 0.1) is 28.6 Å². The summed E-state index contributed by atoms with van der Waals surface area (Å²) in [5.41, 5.74) is 0.658. The number of carbonyl (C=O) groups is 3. The fraction of sp³-hybridized carbons (Fsp3) is 0.581. The van der Waals surface area contributed by atoms with Gasteiger partial charge in [-0.15, -0.1) is 0 Å². The van der Waals surface area contributed by atoms with E-state index in [9.17, 15) is 14.4 Å². The molecule has 0 spiro atoms. The van der Waals surface area contributed by atoms with Crippen molar-refractivity contribution in [1.82, 2.24) is 0 Å². The van der Waals surface area contributed by atoms with Gasteiger partial charge in [-0.05, 0) is 85.8 Å². The number of ether oxygens (including phenoxy) is 1. The predicted octanol–water partition coefficient (Wildman–Crippen LogP) is 6.36. The molecule has 0 N–H and O–H groups in total. The van der Waals surface area contributed by atoms with Crippen LogP contribution in [0.4, 0.5) is 0 Å². The third-order valence-corrected chi connectivity index (χ3v) is 10.4. The van der Waals surface area contributed by atoms with Gasteiger partial charge in [-0.3, -0.25) is 14.4 Å². The van der Waals surface area contributed by atoms with Gasteiger partial charge in [-0.2, -0.15) is 0 Å². The lowest BCUT2D eigenvalue weighted by molar-refractivity contribution is -0.188. The van der Waals surface area contributed by atoms with E-state index in [-0.39, 0.29) is 34.8 Å². The van der Waals surface area contributed by atoms with Gasteiger partial charge in [0.05, 0.1) is 5.92 Å². The van der Waals surface area contributed by atoms with Gasteiger partial charge in [0, 0.05) is 11.8 Å². The summed E-state index contributed by atoms with van der Waals surface area (Å²) in [4.78, 5) is 39.0. The molecule has 7 atom stereocenters. The predicted molar refractivity (Wildman–Crippen MR) is 136 cm³/mol. The van der Waals surface area contributed by atoms with Crippen LogP contribution in [0.5, 0.6) is 0 Å². The minimum absolute atomic E-state index is 0.00736. The number of hydrogen-bond acceptors (Lipinski definition) is 4. The Hall–Kier alpha value is -2.49. The molecular formula is C31H38O4. The number of hydrogen-bond donors (Lipinski definition) is 0. The van der Waals surface area contributed by atoms with E-state index >= 15 is 0 Å². The minimum Gasteiger partial charge on any atom is -0.450 e. The summed E-state index contributed by atoms with van der Waals surface area (Å²) in [6, 6.07) is 9.76. The van der Waals surface area contributed by atoms with E-state index in [4.69, 9.17) is 4.74 Å². The Morgan fingerprint density at radius 1 is 1.06 bits per heavy atom. The average Bonchev–Trinajstić information content (AvgIpc) is 3.14. The molecule has 0 radical (unpaired) electrons. The second kappa shape index (κ2) is 8.57. The Bertz CT molecular complexity index is 1100. The largest absolute Gasteiger partial charge is 0.450 e. The number of carbonyl (C=O) groups excluding carboxylic acids is 3. The van der Waals surface area contributed by atoms with Crippen LogP contribution in [0.15, 0.2) is 54.1 Å². The van der Waals surface area contributed by atoms with Gasteiger partial charge in [0.1, 0.15) is 0 Å². The zero-order valence-corrected chi connectivity index (χ0v) is 21.5. The van der Waals surface area contributed by atoms with Crippen molar-refractivity contribution in [3.8, 4) is 0 Å². The lowest BCUT2D eigenvalue weighted by Crippen LogP contribution is -2.58. The number of rotatable bonds is 5. The molecule has 0 aliphatic heterocycles. The molecule has 0 amide bonds. The Kier molecular flexibility index (Phi) is 5.93. The van der Waals surface area contributed by atoms with Crippen LogP contribution < -0.4 is 0 Å². The molecule has 2 saturated carbocycles. The lowest BCUT2D eigenvalue weighted by Gasteiger charge is -2.57. The summed E-state index contributed by atoms with van der Waals surface area (Å²) in [6.07, 6.45) is 11.8. The normalized spacial score (nSPS) is 38.6. The third-order valence-electron chi connectivity index (χ3n) is 10.4. The molecule has 1 aromatic carbocycles. The van der Waals surface area contributed by atoms with Crippen LogP contribution in [0.25, 0.3) is 0 Å². The van der Waals surface area contributed by atoms with Gasteiger partial charge in [0.2, 0.25) is 0 Å². The molecule has 4 heteroatoms. The molecule has 2 fully saturated rings. The maximum Gasteiger partial charge on any atom is 0.314 e. The Morgan fingerprint density at radius 2 is 1.77 bits per heavy atom. The number of esters is 1. The monoisotopic (exact) mass is 474 g/mol. The van der Waals surface area contributed by atoms with Gasteiger partial charge < -0.3 is 4.74 Å². The summed E-state index contributed by atoms with van der Waals surface area (Å²) in [6.45, 7) is 8.14. The first-order valence-electron chi connectivity index (χ1n) is 13.4. The maximum atomic E-state index is 13.6. The summed E-state index contributed by atoms with van der Waals surface area (Å²) in [5, 5.41) is 0. The molecule has 5 rings (SSSR count). The smallest absolute Gasteiger partial charge is 0.314 e. The van der Waals surface area contributed by atoms with Crippen molar-refractivity contribution >= 4 is 17.5 Å². The first kappa shape index (κ1) is 24.2. The van der Waals surface area contributed by atoms with Gasteiger partial charge in [0.25, 0.3) is 0 Å². The van der Waals surface area contributed by atoms with Gasteiger partial charge in [-0.25, -0.2) is 0 Å². The van der Waals surface area contributed by atoms with Crippen LogP contribution in [-0.2, 0) is 19.1 Å². The minimum atomic E-state index is -1.07. The maximum absolute atomic E-state index is 13.6. The van der Waals surface area contributed by atoms with Crippen molar-refractivity contribution in [3.63, 3.8) is 0 Å². The second-order valence-corrected chi connectivity index (χ2v) is 11.8. The van der Waals surface area contributed by atoms with E-state index in [1.54, 1.807) is 6.92 Å². The summed E-state index contributed by atoms with van der Waals surface area (Å²) in [5.74, 6) is 0.631. The highest BCUT2D eigenvalue weighted by Gasteiger charge is 2.67. The molecule has 0 saturated heterocycles. The van der Waals surface area contributed by atoms with E-state index in [0.29, 0.717) is 31.1 Å². The van der Waals surface area contributed by atoms with E-state index in [2.05, 4.69) is 26.0 Å². The molecule has 0 aromatic heterocycles. The number of Topliss-reactive ketones (excluding diaryl/α,β-unsaturated/α-hetero) is 1. The van der Waals surface area contributed by atoms with E-state index in [0.717, 1.165) is 31.2 Å². The van der Waals surface area contributed by atoms with Crippen molar-refractivity contribution in [2.75, 3.05) is 0 Å². The molecule has 1 aromatic rings. The first-order chi connectivity index (χ1) is 16.7.